The van der Waals surface area contributed by atoms with Crippen molar-refractivity contribution in [2.24, 2.45) is 5.92 Å². The molecule has 46 heavy (non-hydrogen) atoms. The third kappa shape index (κ3) is 4.02. The quantitative estimate of drug-likeness (QED) is 0.245. The molecule has 1 fully saturated rings. The Morgan fingerprint density at radius 1 is 0.783 bits per heavy atom. The zero-order valence-corrected chi connectivity index (χ0v) is 26.3. The predicted octanol–water partition coefficient (Wildman–Crippen LogP) is 6.27. The number of carbonyl (C=O) groups is 3. The summed E-state index contributed by atoms with van der Waals surface area (Å²) in [7, 11) is 4.46. The van der Waals surface area contributed by atoms with Gasteiger partial charge in [-0.05, 0) is 55.3 Å². The van der Waals surface area contributed by atoms with Gasteiger partial charge in [-0.15, -0.1) is 0 Å². The normalized spacial score (nSPS) is 22.4. The van der Waals surface area contributed by atoms with Crippen LogP contribution in [0.5, 0.6) is 17.2 Å². The number of hydrogen-bond acceptors (Lipinski definition) is 7. The van der Waals surface area contributed by atoms with Crippen LogP contribution in [0.2, 0.25) is 0 Å². The minimum atomic E-state index is -1.44. The Bertz CT molecular complexity index is 1930. The number of fused-ring (bicyclic) bond motifs is 6. The zero-order valence-electron chi connectivity index (χ0n) is 26.3. The number of allylic oxidation sites excluding steroid dienone is 1. The number of para-hydroxylation sites is 1. The van der Waals surface area contributed by atoms with Crippen LogP contribution in [0.1, 0.15) is 44.3 Å². The lowest BCUT2D eigenvalue weighted by Crippen LogP contribution is -2.51. The number of aryl methyl sites for hydroxylation is 1. The van der Waals surface area contributed by atoms with Crippen LogP contribution in [0.25, 0.3) is 5.57 Å². The molecule has 0 radical (unpaired) electrons. The van der Waals surface area contributed by atoms with Gasteiger partial charge in [0.1, 0.15) is 11.5 Å². The largest absolute Gasteiger partial charge is 0.493 e. The van der Waals surface area contributed by atoms with Gasteiger partial charge in [-0.3, -0.25) is 14.4 Å². The maximum absolute atomic E-state index is 15.3. The molecular weight excluding hydrogens is 580 g/mol. The van der Waals surface area contributed by atoms with Crippen molar-refractivity contribution in [2.75, 3.05) is 31.5 Å². The van der Waals surface area contributed by atoms with Gasteiger partial charge >= 0.3 is 0 Å². The highest BCUT2D eigenvalue weighted by atomic mass is 16.5. The molecule has 1 amide bonds. The van der Waals surface area contributed by atoms with Crippen molar-refractivity contribution >= 4 is 34.4 Å². The lowest BCUT2D eigenvalue weighted by molar-refractivity contribution is -0.121. The third-order valence-corrected chi connectivity index (χ3v) is 9.69. The van der Waals surface area contributed by atoms with Gasteiger partial charge in [0.2, 0.25) is 11.7 Å². The fraction of sp³-hybridized carbons (Fsp3) is 0.237. The summed E-state index contributed by atoms with van der Waals surface area (Å²) >= 11 is 0. The first-order valence-corrected chi connectivity index (χ1v) is 15.2. The molecule has 0 saturated carbocycles. The molecule has 4 atom stereocenters. The summed E-state index contributed by atoms with van der Waals surface area (Å²) in [5.74, 6) is -1.14. The van der Waals surface area contributed by atoms with Gasteiger partial charge in [0.25, 0.3) is 0 Å². The van der Waals surface area contributed by atoms with Crippen molar-refractivity contribution < 1.29 is 28.6 Å². The molecule has 4 aromatic rings. The minimum absolute atomic E-state index is 0.242. The molecule has 3 aliphatic heterocycles. The third-order valence-electron chi connectivity index (χ3n) is 9.69. The number of ketones is 2. The first kappa shape index (κ1) is 29.3. The first-order valence-electron chi connectivity index (χ1n) is 15.2. The van der Waals surface area contributed by atoms with E-state index >= 15 is 4.79 Å². The molecule has 4 aromatic carbocycles. The summed E-state index contributed by atoms with van der Waals surface area (Å²) < 4.78 is 16.8. The number of carbonyl (C=O) groups excluding carboxylic acids is 3. The standard InChI is InChI=1S/C38H34N2O6/c1-21-15-16-28-25(17-21)22(2)18-31-38(26-13-9-10-14-27(26)39-37(38)43)32(33(40(28)31)35(42)23-11-7-6-8-12-23)34(41)24-19-29(44-3)36(46-5)30(20-24)45-4/h6-20,31-33H,1-5H3,(H,39,43)/t31-,32+,33+,38-/m1/s1. The number of amides is 1. The Balaban J connectivity index is 1.56. The summed E-state index contributed by atoms with van der Waals surface area (Å²) in [6.45, 7) is 4.04. The molecule has 232 valence electrons. The predicted molar refractivity (Wildman–Crippen MR) is 176 cm³/mol. The van der Waals surface area contributed by atoms with Gasteiger partial charge in [0.05, 0.1) is 33.3 Å². The average Bonchev–Trinajstić information content (AvgIpc) is 3.55. The Morgan fingerprint density at radius 2 is 1.46 bits per heavy atom. The van der Waals surface area contributed by atoms with Crippen LogP contribution in [-0.4, -0.2) is 50.9 Å². The van der Waals surface area contributed by atoms with E-state index in [0.717, 1.165) is 22.4 Å². The molecule has 3 aliphatic rings. The monoisotopic (exact) mass is 614 g/mol. The van der Waals surface area contributed by atoms with E-state index in [1.54, 1.807) is 36.4 Å². The summed E-state index contributed by atoms with van der Waals surface area (Å²) in [5.41, 5.74) is 4.39. The van der Waals surface area contributed by atoms with E-state index in [4.69, 9.17) is 14.2 Å². The number of anilines is 2. The molecule has 0 aromatic heterocycles. The number of nitrogens with one attached hydrogen (secondary N) is 1. The highest BCUT2D eigenvalue weighted by Crippen LogP contribution is 2.59. The SMILES string of the molecule is COc1cc(C(=O)[C@@H]2[C@@H](C(=O)c3ccccc3)N3c4ccc(C)cc4C(C)=C[C@@H]3[C@@]23C(=O)Nc2ccccc23)cc(OC)c1OC. The highest BCUT2D eigenvalue weighted by Gasteiger charge is 2.70. The van der Waals surface area contributed by atoms with Crippen LogP contribution in [0.4, 0.5) is 11.4 Å². The van der Waals surface area contributed by atoms with Crippen molar-refractivity contribution in [3.8, 4) is 17.2 Å². The smallest absolute Gasteiger partial charge is 0.238 e. The molecule has 8 nitrogen and oxygen atoms in total. The number of Topliss-reactive ketones (excluding diaryl/α,β-unsaturated/α-hetero) is 2. The van der Waals surface area contributed by atoms with E-state index in [0.29, 0.717) is 34.1 Å². The number of rotatable bonds is 7. The van der Waals surface area contributed by atoms with Gasteiger partial charge in [0.15, 0.2) is 23.1 Å². The van der Waals surface area contributed by atoms with Crippen LogP contribution < -0.4 is 24.4 Å². The second-order valence-electron chi connectivity index (χ2n) is 12.0. The van der Waals surface area contributed by atoms with E-state index < -0.39 is 23.4 Å². The summed E-state index contributed by atoms with van der Waals surface area (Å²) in [6.07, 6.45) is 2.05. The lowest BCUT2D eigenvalue weighted by atomic mass is 9.64. The van der Waals surface area contributed by atoms with E-state index in [-0.39, 0.29) is 23.0 Å². The van der Waals surface area contributed by atoms with E-state index in [9.17, 15) is 9.59 Å². The van der Waals surface area contributed by atoms with Gasteiger partial charge in [-0.2, -0.15) is 0 Å². The molecule has 7 rings (SSSR count). The maximum Gasteiger partial charge on any atom is 0.238 e. The molecule has 1 spiro atoms. The summed E-state index contributed by atoms with van der Waals surface area (Å²) in [5, 5.41) is 3.08. The van der Waals surface area contributed by atoms with Crippen LogP contribution in [0, 0.1) is 12.8 Å². The number of hydrogen-bond donors (Lipinski definition) is 1. The van der Waals surface area contributed by atoms with Crippen molar-refractivity contribution in [3.63, 3.8) is 0 Å². The van der Waals surface area contributed by atoms with Crippen LogP contribution in [-0.2, 0) is 10.2 Å². The number of methoxy groups -OCH3 is 3. The fourth-order valence-corrected chi connectivity index (χ4v) is 7.72. The topological polar surface area (TPSA) is 94.2 Å². The number of ether oxygens (including phenoxy) is 3. The van der Waals surface area contributed by atoms with Gasteiger partial charge < -0.3 is 24.4 Å². The number of benzene rings is 4. The minimum Gasteiger partial charge on any atom is -0.493 e. The Kier molecular flexibility index (Phi) is 6.96. The van der Waals surface area contributed by atoms with E-state index in [1.807, 2.05) is 61.2 Å². The lowest BCUT2D eigenvalue weighted by Gasteiger charge is -2.39. The van der Waals surface area contributed by atoms with Crippen LogP contribution in [0.15, 0.2) is 91.0 Å². The van der Waals surface area contributed by atoms with Crippen LogP contribution >= 0.6 is 0 Å². The molecule has 3 heterocycles. The average molecular weight is 615 g/mol. The number of nitrogens with zero attached hydrogens (tertiary/aromatic N) is 1. The second kappa shape index (κ2) is 10.9. The van der Waals surface area contributed by atoms with Crippen LogP contribution in [0.3, 0.4) is 0 Å². The van der Waals surface area contributed by atoms with E-state index in [2.05, 4.69) is 17.5 Å². The molecule has 8 heteroatoms. The molecule has 0 unspecified atom stereocenters. The van der Waals surface area contributed by atoms with Crippen molar-refractivity contribution in [3.05, 3.63) is 119 Å². The molecule has 1 N–H and O–H groups in total. The highest BCUT2D eigenvalue weighted by molar-refractivity contribution is 6.18. The molecule has 0 aliphatic carbocycles. The Labute approximate surface area is 267 Å². The molecule has 1 saturated heterocycles. The Hall–Kier alpha value is -5.37. The van der Waals surface area contributed by atoms with Gasteiger partial charge in [-0.25, -0.2) is 0 Å². The first-order chi connectivity index (χ1) is 22.3. The maximum atomic E-state index is 15.3. The van der Waals surface area contributed by atoms with Crippen molar-refractivity contribution in [1.82, 2.24) is 0 Å². The summed E-state index contributed by atoms with van der Waals surface area (Å²) in [6, 6.07) is 24.0. The van der Waals surface area contributed by atoms with Crippen molar-refractivity contribution in [2.45, 2.75) is 31.3 Å². The fourth-order valence-electron chi connectivity index (χ4n) is 7.72. The second-order valence-corrected chi connectivity index (χ2v) is 12.0. The Morgan fingerprint density at radius 3 is 2.13 bits per heavy atom. The van der Waals surface area contributed by atoms with Crippen molar-refractivity contribution in [1.29, 1.82) is 0 Å². The molecule has 0 bridgehead atoms. The zero-order chi connectivity index (χ0) is 32.3. The molecular formula is C38H34N2O6. The van der Waals surface area contributed by atoms with E-state index in [1.165, 1.54) is 21.3 Å². The van der Waals surface area contributed by atoms with Gasteiger partial charge in [-0.1, -0.05) is 66.2 Å². The van der Waals surface area contributed by atoms with Gasteiger partial charge in [0, 0.05) is 28.1 Å². The summed E-state index contributed by atoms with van der Waals surface area (Å²) in [4.78, 5) is 46.9.